The van der Waals surface area contributed by atoms with Crippen molar-refractivity contribution in [3.63, 3.8) is 0 Å². The first-order valence-electron chi connectivity index (χ1n) is 36.3. The predicted octanol–water partition coefficient (Wildman–Crippen LogP) is 19.0. The summed E-state index contributed by atoms with van der Waals surface area (Å²) in [7, 11) is 0. The third-order valence-electron chi connectivity index (χ3n) is 18.9. The van der Waals surface area contributed by atoms with Gasteiger partial charge in [0.1, 0.15) is 17.5 Å². The molecule has 0 fully saturated rings. The second-order valence-electron chi connectivity index (χ2n) is 26.6. The maximum absolute atomic E-state index is 13.7. The molecule has 3 aromatic heterocycles. The topological polar surface area (TPSA) is 166 Å². The van der Waals surface area contributed by atoms with Crippen LogP contribution in [0.15, 0.2) is 239 Å². The zero-order valence-corrected chi connectivity index (χ0v) is 64.1. The van der Waals surface area contributed by atoms with E-state index in [9.17, 15) is 68.3 Å². The van der Waals surface area contributed by atoms with Crippen LogP contribution >= 0.6 is 22.6 Å². The number of hydrogen-bond acceptors (Lipinski definition) is 9. The van der Waals surface area contributed by atoms with Gasteiger partial charge in [0.2, 0.25) is 17.7 Å². The lowest BCUT2D eigenvalue weighted by Crippen LogP contribution is -2.38. The molecule has 0 radical (unpaired) electrons. The van der Waals surface area contributed by atoms with Crippen LogP contribution in [-0.4, -0.2) is 80.7 Å². The summed E-state index contributed by atoms with van der Waals surface area (Å²) in [6, 6.07) is 57.6. The monoisotopic (exact) mass is 1630 g/mol. The van der Waals surface area contributed by atoms with Crippen molar-refractivity contribution in [1.82, 2.24) is 43.4 Å². The van der Waals surface area contributed by atoms with Crippen LogP contribution in [0, 0.1) is 3.57 Å². The molecule has 0 aliphatic rings. The highest BCUT2D eigenvalue weighted by atomic mass is 127. The maximum atomic E-state index is 13.7. The first-order valence-corrected chi connectivity index (χ1v) is 37.3. The summed E-state index contributed by atoms with van der Waals surface area (Å²) in [5.74, 6) is 0.483. The van der Waals surface area contributed by atoms with Gasteiger partial charge in [0, 0.05) is 23.2 Å². The van der Waals surface area contributed by atoms with Crippen LogP contribution in [0.3, 0.4) is 0 Å². The molecule has 0 bridgehead atoms. The molecular formula is C86H81F9IN9O6. The molecular weight excluding hydrogens is 1550 g/mol. The first kappa shape index (κ1) is 82.4. The van der Waals surface area contributed by atoms with Gasteiger partial charge in [-0.05, 0) is 213 Å². The molecule has 0 spiro atoms. The lowest BCUT2D eigenvalue weighted by molar-refractivity contribution is -0.138. The van der Waals surface area contributed by atoms with Crippen LogP contribution in [0.4, 0.5) is 39.5 Å². The summed E-state index contributed by atoms with van der Waals surface area (Å²) in [6.45, 7) is 14.5. The van der Waals surface area contributed by atoms with Gasteiger partial charge >= 0.3 is 18.5 Å². The van der Waals surface area contributed by atoms with Crippen LogP contribution in [0.2, 0.25) is 0 Å². The minimum atomic E-state index is -4.44. The van der Waals surface area contributed by atoms with Crippen molar-refractivity contribution in [3.8, 4) is 17.1 Å². The Morgan fingerprint density at radius 1 is 0.351 bits per heavy atom. The number of amides is 3. The molecule has 0 unspecified atom stereocenters. The van der Waals surface area contributed by atoms with E-state index in [1.165, 1.54) is 45.5 Å². The van der Waals surface area contributed by atoms with E-state index in [-0.39, 0.29) is 53.7 Å². The number of aromatic nitrogens is 6. The summed E-state index contributed by atoms with van der Waals surface area (Å²) in [6.07, 6.45) is -10.7. The summed E-state index contributed by atoms with van der Waals surface area (Å²) >= 11 is 2.19. The average molecular weight is 1630 g/mol. The Hall–Kier alpha value is -11.1. The van der Waals surface area contributed by atoms with Crippen LogP contribution in [0.25, 0.3) is 49.8 Å². The Labute approximate surface area is 648 Å². The van der Waals surface area contributed by atoms with E-state index in [1.54, 1.807) is 86.0 Å². The second kappa shape index (κ2) is 36.2. The van der Waals surface area contributed by atoms with Gasteiger partial charge < -0.3 is 14.7 Å². The fourth-order valence-electron chi connectivity index (χ4n) is 13.1. The molecule has 0 saturated carbocycles. The highest BCUT2D eigenvalue weighted by molar-refractivity contribution is 14.1. The van der Waals surface area contributed by atoms with E-state index in [0.717, 1.165) is 52.0 Å². The third kappa shape index (κ3) is 19.7. The fourth-order valence-corrected chi connectivity index (χ4v) is 13.5. The van der Waals surface area contributed by atoms with Crippen LogP contribution in [0.5, 0.6) is 0 Å². The van der Waals surface area contributed by atoms with Gasteiger partial charge in [0.05, 0.1) is 104 Å². The van der Waals surface area contributed by atoms with Crippen LogP contribution < -0.4 is 16.7 Å². The molecule has 0 aliphatic heterocycles. The van der Waals surface area contributed by atoms with Crippen molar-refractivity contribution in [2.45, 2.75) is 130 Å². The number of aryl methyl sites for hydroxylation is 1. The molecule has 12 rings (SSSR count). The molecule has 9 aromatic carbocycles. The van der Waals surface area contributed by atoms with Crippen molar-refractivity contribution >= 4 is 73.0 Å². The number of rotatable bonds is 22. The number of carbonyl (C=O) groups is 3. The van der Waals surface area contributed by atoms with Crippen molar-refractivity contribution in [3.05, 3.63) is 316 Å². The molecule has 0 aliphatic carbocycles. The van der Waals surface area contributed by atoms with Gasteiger partial charge in [-0.1, -0.05) is 131 Å². The largest absolute Gasteiger partial charge is 0.416 e. The SMILES string of the molecule is CCCN(C(=O)Cc1ccc(C(F)(F)F)cc1)[C@H](C)c1nc2ccccc2c(=O)n1-c1ccc(CC)cc1.CCCN(C(=O)Cc1ccc(C(F)(F)F)cc1)[C@H](C)c1nc2ccccc2c(=O)n1-c1ccc(I)cc1.CCCN(C(=O)Cc1ccc(C(F)(F)F)cc1)[C@H](C)c1nc2ccccc2c(=O)n1-c1ccccc1. The van der Waals surface area contributed by atoms with E-state index < -0.39 is 53.3 Å². The van der Waals surface area contributed by atoms with E-state index >= 15 is 0 Å². The van der Waals surface area contributed by atoms with E-state index in [1.807, 2.05) is 126 Å². The molecule has 3 amide bonds. The maximum Gasteiger partial charge on any atom is 0.416 e. The average Bonchev–Trinajstić information content (AvgIpc) is 0.772. The Morgan fingerprint density at radius 2 is 0.604 bits per heavy atom. The van der Waals surface area contributed by atoms with Crippen molar-refractivity contribution in [2.24, 2.45) is 0 Å². The van der Waals surface area contributed by atoms with Gasteiger partial charge in [0.25, 0.3) is 16.7 Å². The Bertz CT molecular complexity index is 5430. The van der Waals surface area contributed by atoms with Crippen LogP contribution in [0.1, 0.15) is 142 Å². The number of hydrogen-bond donors (Lipinski definition) is 0. The van der Waals surface area contributed by atoms with Gasteiger partial charge in [0.15, 0.2) is 0 Å². The molecule has 25 heteroatoms. The summed E-state index contributed by atoms with van der Waals surface area (Å²) in [5.41, 5.74) is 3.11. The number of carbonyl (C=O) groups excluding carboxylic acids is 3. The van der Waals surface area contributed by atoms with E-state index in [4.69, 9.17) is 15.0 Å². The molecule has 0 saturated heterocycles. The summed E-state index contributed by atoms with van der Waals surface area (Å²) < 4.78 is 122. The van der Waals surface area contributed by atoms with Crippen LogP contribution in [-0.2, 0) is 58.6 Å². The summed E-state index contributed by atoms with van der Waals surface area (Å²) in [5, 5.41) is 1.41. The van der Waals surface area contributed by atoms with Gasteiger partial charge in [-0.15, -0.1) is 0 Å². The standard InChI is InChI=1S/C30H30F3N3O2.C28H25F3IN3O2.C28H26F3N3O2/c1-4-18-35(27(37)19-22-10-14-23(15-11-22)30(31,32)33)20(3)28-34-26-9-7-6-8-25(26)29(38)36(28)24-16-12-21(5-2)13-17-24;1-3-16-34(25(36)17-19-8-10-20(11-9-19)28(29,30)31)18(2)26-33-24-7-5-4-6-23(24)27(37)35(26)22-14-12-21(32)13-15-22;1-3-17-33(25(35)18-20-13-15-21(16-14-20)28(29,30)31)19(2)26-32-24-12-8-7-11-23(24)27(36)34(26)22-9-5-4-6-10-22/h6-17,20H,4-5,18-19H2,1-3H3;4-15,18H,3,16-17H2,1-2H3;4-16,19H,3,17-18H2,1-2H3/t20-;18-;19-/m111/s1. The van der Waals surface area contributed by atoms with Gasteiger partial charge in [-0.25, -0.2) is 15.0 Å². The molecule has 3 heterocycles. The normalized spacial score (nSPS) is 12.5. The molecule has 576 valence electrons. The fraction of sp³-hybridized carbons (Fsp3) is 0.267. The Balaban J connectivity index is 0.000000177. The summed E-state index contributed by atoms with van der Waals surface area (Å²) in [4.78, 5) is 100. The zero-order chi connectivity index (χ0) is 80.1. The lowest BCUT2D eigenvalue weighted by Gasteiger charge is -2.30. The number of alkyl halides is 9. The van der Waals surface area contributed by atoms with Gasteiger partial charge in [-0.2, -0.15) is 39.5 Å². The quantitative estimate of drug-likeness (QED) is 0.0474. The number of nitrogens with zero attached hydrogens (tertiary/aromatic N) is 9. The Kier molecular flexibility index (Phi) is 26.9. The lowest BCUT2D eigenvalue weighted by atomic mass is 10.1. The second-order valence-corrected chi connectivity index (χ2v) is 27.9. The number of halogens is 10. The number of fused-ring (bicyclic) bond motifs is 3. The molecule has 3 atom stereocenters. The highest BCUT2D eigenvalue weighted by Crippen LogP contribution is 2.34. The molecule has 12 aromatic rings. The third-order valence-corrected chi connectivity index (χ3v) is 19.6. The van der Waals surface area contributed by atoms with E-state index in [2.05, 4.69) is 29.5 Å². The smallest absolute Gasteiger partial charge is 0.332 e. The zero-order valence-electron chi connectivity index (χ0n) is 61.9. The first-order chi connectivity index (χ1) is 52.9. The number of para-hydroxylation sites is 4. The van der Waals surface area contributed by atoms with Gasteiger partial charge in [-0.3, -0.25) is 42.5 Å². The Morgan fingerprint density at radius 3 is 0.874 bits per heavy atom. The predicted molar refractivity (Wildman–Crippen MR) is 421 cm³/mol. The van der Waals surface area contributed by atoms with Crippen molar-refractivity contribution in [2.75, 3.05) is 19.6 Å². The molecule has 111 heavy (non-hydrogen) atoms. The van der Waals surface area contributed by atoms with Crippen molar-refractivity contribution < 1.29 is 53.9 Å². The molecule has 15 nitrogen and oxygen atoms in total. The highest BCUT2D eigenvalue weighted by Gasteiger charge is 2.35. The number of benzene rings is 9. The van der Waals surface area contributed by atoms with E-state index in [0.29, 0.717) is 123 Å². The van der Waals surface area contributed by atoms with Crippen molar-refractivity contribution in [1.29, 1.82) is 0 Å². The minimum absolute atomic E-state index is 0.0639. The minimum Gasteiger partial charge on any atom is -0.332 e. The molecule has 0 N–H and O–H groups in total.